The smallest absolute Gasteiger partial charge is 0.0136 e. The summed E-state index contributed by atoms with van der Waals surface area (Å²) in [4.78, 5) is 0. The minimum atomic E-state index is 0.276. The van der Waals surface area contributed by atoms with Crippen molar-refractivity contribution < 1.29 is 0 Å². The van der Waals surface area contributed by atoms with Crippen LogP contribution in [0.25, 0.3) is 0 Å². The first-order valence-electron chi connectivity index (χ1n) is 6.84. The maximum atomic E-state index is 5.69. The normalized spacial score (nSPS) is 15.0. The molecule has 0 rings (SSSR count). The first kappa shape index (κ1) is 15.9. The summed E-state index contributed by atoms with van der Waals surface area (Å²) in [7, 11) is 0. The summed E-state index contributed by atoms with van der Waals surface area (Å²) in [5, 5.41) is 3.36. The third kappa shape index (κ3) is 13.9. The van der Waals surface area contributed by atoms with Crippen molar-refractivity contribution in [3.63, 3.8) is 0 Å². The number of unbranched alkanes of at least 4 members (excludes halogenated alkanes) is 5. The van der Waals surface area contributed by atoms with Gasteiger partial charge in [0.1, 0.15) is 0 Å². The molecule has 0 saturated carbocycles. The lowest BCUT2D eigenvalue weighted by Crippen LogP contribution is -2.31. The zero-order chi connectivity index (χ0) is 12.2. The first-order valence-corrected chi connectivity index (χ1v) is 6.84. The highest BCUT2D eigenvalue weighted by molar-refractivity contribution is 4.57. The summed E-state index contributed by atoms with van der Waals surface area (Å²) >= 11 is 0. The van der Waals surface area contributed by atoms with Crippen LogP contribution in [0.15, 0.2) is 0 Å². The molecule has 0 amide bonds. The Labute approximate surface area is 101 Å². The SMILES string of the molecule is CC(N)CCCCCCCCNCC(C)N. The third-order valence-electron chi connectivity index (χ3n) is 2.73. The highest BCUT2D eigenvalue weighted by Crippen LogP contribution is 2.07. The molecule has 0 fully saturated rings. The average molecular weight is 229 g/mol. The molecule has 0 aromatic carbocycles. The van der Waals surface area contributed by atoms with Crippen LogP contribution in [0.1, 0.15) is 58.8 Å². The van der Waals surface area contributed by atoms with E-state index in [1.807, 2.05) is 6.92 Å². The molecule has 16 heavy (non-hydrogen) atoms. The van der Waals surface area contributed by atoms with Gasteiger partial charge in [-0.1, -0.05) is 32.1 Å². The predicted octanol–water partition coefficient (Wildman–Crippen LogP) is 2.00. The van der Waals surface area contributed by atoms with Crippen molar-refractivity contribution in [1.29, 1.82) is 0 Å². The van der Waals surface area contributed by atoms with Crippen molar-refractivity contribution in [1.82, 2.24) is 5.32 Å². The molecule has 0 radical (unpaired) electrons. The molecule has 0 spiro atoms. The molecule has 0 bridgehead atoms. The van der Waals surface area contributed by atoms with Gasteiger partial charge in [-0.15, -0.1) is 0 Å². The maximum absolute atomic E-state index is 5.69. The van der Waals surface area contributed by atoms with Crippen molar-refractivity contribution >= 4 is 0 Å². The van der Waals surface area contributed by atoms with Crippen molar-refractivity contribution in [2.24, 2.45) is 11.5 Å². The quantitative estimate of drug-likeness (QED) is 0.475. The minimum absolute atomic E-state index is 0.276. The van der Waals surface area contributed by atoms with Gasteiger partial charge in [-0.2, -0.15) is 0 Å². The summed E-state index contributed by atoms with van der Waals surface area (Å²) in [5.74, 6) is 0. The van der Waals surface area contributed by atoms with Gasteiger partial charge in [0, 0.05) is 18.6 Å². The highest BCUT2D eigenvalue weighted by atomic mass is 14.9. The Morgan fingerprint density at radius 3 is 1.94 bits per heavy atom. The van der Waals surface area contributed by atoms with Gasteiger partial charge in [0.25, 0.3) is 0 Å². The molecule has 0 saturated heterocycles. The van der Waals surface area contributed by atoms with E-state index in [0.717, 1.165) is 13.1 Å². The van der Waals surface area contributed by atoms with Gasteiger partial charge in [-0.3, -0.25) is 0 Å². The van der Waals surface area contributed by atoms with Gasteiger partial charge in [0.05, 0.1) is 0 Å². The van der Waals surface area contributed by atoms with E-state index in [-0.39, 0.29) is 6.04 Å². The molecular formula is C13H31N3. The molecular weight excluding hydrogens is 198 g/mol. The van der Waals surface area contributed by atoms with E-state index in [4.69, 9.17) is 11.5 Å². The molecule has 0 aromatic heterocycles. The number of hydrogen-bond acceptors (Lipinski definition) is 3. The Hall–Kier alpha value is -0.120. The topological polar surface area (TPSA) is 64.1 Å². The molecule has 0 aliphatic heterocycles. The summed E-state index contributed by atoms with van der Waals surface area (Å²) in [6.45, 7) is 6.17. The van der Waals surface area contributed by atoms with E-state index >= 15 is 0 Å². The average Bonchev–Trinajstić information content (AvgIpc) is 2.20. The van der Waals surface area contributed by atoms with E-state index in [9.17, 15) is 0 Å². The summed E-state index contributed by atoms with van der Waals surface area (Å²) < 4.78 is 0. The molecule has 3 heteroatoms. The molecule has 5 N–H and O–H groups in total. The van der Waals surface area contributed by atoms with Crippen LogP contribution in [0.5, 0.6) is 0 Å². The molecule has 0 aromatic rings. The second kappa shape index (κ2) is 11.4. The lowest BCUT2D eigenvalue weighted by molar-refractivity contribution is 0.530. The molecule has 98 valence electrons. The Kier molecular flexibility index (Phi) is 11.3. The fraction of sp³-hybridized carbons (Fsp3) is 1.00. The van der Waals surface area contributed by atoms with Crippen LogP contribution in [0, 0.1) is 0 Å². The van der Waals surface area contributed by atoms with E-state index in [1.165, 1.54) is 44.9 Å². The molecule has 0 aliphatic carbocycles. The van der Waals surface area contributed by atoms with E-state index in [0.29, 0.717) is 6.04 Å². The van der Waals surface area contributed by atoms with Gasteiger partial charge >= 0.3 is 0 Å². The summed E-state index contributed by atoms with van der Waals surface area (Å²) in [6, 6.07) is 0.653. The summed E-state index contributed by atoms with van der Waals surface area (Å²) in [6.07, 6.45) is 9.15. The van der Waals surface area contributed by atoms with Crippen LogP contribution in [0.4, 0.5) is 0 Å². The number of rotatable bonds is 11. The Morgan fingerprint density at radius 2 is 1.38 bits per heavy atom. The molecule has 0 heterocycles. The number of nitrogens with two attached hydrogens (primary N) is 2. The monoisotopic (exact) mass is 229 g/mol. The van der Waals surface area contributed by atoms with Gasteiger partial charge < -0.3 is 16.8 Å². The van der Waals surface area contributed by atoms with Crippen LogP contribution in [0.3, 0.4) is 0 Å². The van der Waals surface area contributed by atoms with Crippen LogP contribution in [0.2, 0.25) is 0 Å². The van der Waals surface area contributed by atoms with Crippen molar-refractivity contribution in [3.8, 4) is 0 Å². The van der Waals surface area contributed by atoms with E-state index in [1.54, 1.807) is 0 Å². The predicted molar refractivity (Wildman–Crippen MR) is 72.5 cm³/mol. The van der Waals surface area contributed by atoms with Gasteiger partial charge in [-0.25, -0.2) is 0 Å². The minimum Gasteiger partial charge on any atom is -0.328 e. The van der Waals surface area contributed by atoms with Gasteiger partial charge in [0.2, 0.25) is 0 Å². The Balaban J connectivity index is 2.93. The van der Waals surface area contributed by atoms with Crippen LogP contribution < -0.4 is 16.8 Å². The molecule has 0 aliphatic rings. The zero-order valence-corrected chi connectivity index (χ0v) is 11.2. The van der Waals surface area contributed by atoms with Crippen molar-refractivity contribution in [3.05, 3.63) is 0 Å². The van der Waals surface area contributed by atoms with E-state index in [2.05, 4.69) is 12.2 Å². The Bertz CT molecular complexity index is 119. The van der Waals surface area contributed by atoms with Crippen LogP contribution in [-0.4, -0.2) is 25.2 Å². The number of hydrogen-bond donors (Lipinski definition) is 3. The second-order valence-corrected chi connectivity index (χ2v) is 5.07. The molecule has 2 unspecified atom stereocenters. The third-order valence-corrected chi connectivity index (χ3v) is 2.73. The molecule has 3 nitrogen and oxygen atoms in total. The lowest BCUT2D eigenvalue weighted by atomic mass is 10.1. The Morgan fingerprint density at radius 1 is 0.812 bits per heavy atom. The fourth-order valence-electron chi connectivity index (χ4n) is 1.75. The highest BCUT2D eigenvalue weighted by Gasteiger charge is 1.95. The molecule has 2 atom stereocenters. The zero-order valence-electron chi connectivity index (χ0n) is 11.2. The van der Waals surface area contributed by atoms with Crippen LogP contribution >= 0.6 is 0 Å². The largest absolute Gasteiger partial charge is 0.328 e. The lowest BCUT2D eigenvalue weighted by Gasteiger charge is -2.07. The standard InChI is InChI=1S/C13H31N3/c1-12(14)9-7-5-3-4-6-8-10-16-11-13(2)15/h12-13,16H,3-11,14-15H2,1-2H3. The fourth-order valence-corrected chi connectivity index (χ4v) is 1.75. The summed E-state index contributed by atoms with van der Waals surface area (Å²) in [5.41, 5.74) is 11.3. The van der Waals surface area contributed by atoms with E-state index < -0.39 is 0 Å². The van der Waals surface area contributed by atoms with Gasteiger partial charge in [0.15, 0.2) is 0 Å². The second-order valence-electron chi connectivity index (χ2n) is 5.07. The maximum Gasteiger partial charge on any atom is 0.0136 e. The first-order chi connectivity index (χ1) is 7.63. The van der Waals surface area contributed by atoms with Gasteiger partial charge in [-0.05, 0) is 33.2 Å². The van der Waals surface area contributed by atoms with Crippen LogP contribution in [-0.2, 0) is 0 Å². The van der Waals surface area contributed by atoms with Crippen molar-refractivity contribution in [2.75, 3.05) is 13.1 Å². The number of nitrogens with one attached hydrogen (secondary N) is 1. The van der Waals surface area contributed by atoms with Crippen molar-refractivity contribution in [2.45, 2.75) is 70.9 Å².